The average molecular weight is 195 g/mol. The number of thiazole rings is 1. The van der Waals surface area contributed by atoms with E-state index in [2.05, 4.69) is 42.7 Å². The third-order valence-corrected chi connectivity index (χ3v) is 2.94. The molecule has 0 saturated heterocycles. The van der Waals surface area contributed by atoms with Crippen LogP contribution in [0.3, 0.4) is 0 Å². The molecular formula is C9H9NS2. The summed E-state index contributed by atoms with van der Waals surface area (Å²) in [5.74, 6) is 0. The first-order valence-electron chi connectivity index (χ1n) is 3.78. The summed E-state index contributed by atoms with van der Waals surface area (Å²) in [6.45, 7) is 2.07. The van der Waals surface area contributed by atoms with Crippen LogP contribution in [0.1, 0.15) is 17.7 Å². The Hall–Kier alpha value is -0.540. The van der Waals surface area contributed by atoms with E-state index in [1.807, 2.05) is 5.51 Å². The van der Waals surface area contributed by atoms with E-state index in [4.69, 9.17) is 0 Å². The Morgan fingerprint density at radius 2 is 2.33 bits per heavy atom. The largest absolute Gasteiger partial charge is 0.245 e. The second kappa shape index (κ2) is 3.07. The minimum Gasteiger partial charge on any atom is -0.245 e. The maximum atomic E-state index is 4.37. The molecular weight excluding hydrogens is 186 g/mol. The van der Waals surface area contributed by atoms with Gasteiger partial charge in [-0.1, -0.05) is 6.07 Å². The molecule has 0 bridgehead atoms. The second-order valence-corrected chi connectivity index (χ2v) is 4.42. The molecule has 0 aliphatic rings. The van der Waals surface area contributed by atoms with Crippen LogP contribution in [0, 0.1) is 0 Å². The molecule has 0 spiro atoms. The van der Waals surface area contributed by atoms with E-state index in [0.717, 1.165) is 5.52 Å². The highest BCUT2D eigenvalue weighted by Crippen LogP contribution is 2.24. The van der Waals surface area contributed by atoms with Crippen molar-refractivity contribution in [2.45, 2.75) is 12.2 Å². The van der Waals surface area contributed by atoms with E-state index in [0.29, 0.717) is 0 Å². The Balaban J connectivity index is 2.60. The van der Waals surface area contributed by atoms with E-state index >= 15 is 0 Å². The Kier molecular flexibility index (Phi) is 2.07. The summed E-state index contributed by atoms with van der Waals surface area (Å²) in [6.07, 6.45) is 0. The molecule has 0 aliphatic heterocycles. The highest BCUT2D eigenvalue weighted by atomic mass is 32.1. The van der Waals surface area contributed by atoms with Crippen LogP contribution in [0.5, 0.6) is 0 Å². The number of benzene rings is 1. The van der Waals surface area contributed by atoms with Gasteiger partial charge in [-0.15, -0.1) is 11.3 Å². The van der Waals surface area contributed by atoms with Crippen LogP contribution in [0.4, 0.5) is 0 Å². The zero-order valence-corrected chi connectivity index (χ0v) is 8.40. The Bertz CT molecular complexity index is 392. The third kappa shape index (κ3) is 1.34. The molecule has 62 valence electrons. The lowest BCUT2D eigenvalue weighted by molar-refractivity contribution is 1.12. The van der Waals surface area contributed by atoms with Crippen molar-refractivity contribution in [1.29, 1.82) is 0 Å². The minimum absolute atomic E-state index is 0.288. The number of hydrogen-bond donors (Lipinski definition) is 1. The van der Waals surface area contributed by atoms with E-state index in [-0.39, 0.29) is 5.25 Å². The van der Waals surface area contributed by atoms with Gasteiger partial charge in [-0.2, -0.15) is 12.6 Å². The first kappa shape index (κ1) is 8.08. The van der Waals surface area contributed by atoms with Gasteiger partial charge >= 0.3 is 0 Å². The summed E-state index contributed by atoms with van der Waals surface area (Å²) in [5, 5.41) is 0.288. The van der Waals surface area contributed by atoms with Gasteiger partial charge in [0.25, 0.3) is 0 Å². The molecule has 12 heavy (non-hydrogen) atoms. The van der Waals surface area contributed by atoms with Gasteiger partial charge in [0.1, 0.15) is 0 Å². The summed E-state index contributed by atoms with van der Waals surface area (Å²) < 4.78 is 1.24. The van der Waals surface area contributed by atoms with E-state index < -0.39 is 0 Å². The fraction of sp³-hybridized carbons (Fsp3) is 0.222. The first-order chi connectivity index (χ1) is 5.77. The van der Waals surface area contributed by atoms with Crippen LogP contribution < -0.4 is 0 Å². The van der Waals surface area contributed by atoms with Gasteiger partial charge in [-0.05, 0) is 24.6 Å². The lowest BCUT2D eigenvalue weighted by Crippen LogP contribution is -1.82. The molecule has 0 fully saturated rings. The number of fused-ring (bicyclic) bond motifs is 1. The molecule has 2 rings (SSSR count). The van der Waals surface area contributed by atoms with Crippen molar-refractivity contribution in [2.24, 2.45) is 0 Å². The summed E-state index contributed by atoms with van der Waals surface area (Å²) in [5.41, 5.74) is 4.19. The van der Waals surface area contributed by atoms with Crippen molar-refractivity contribution < 1.29 is 0 Å². The van der Waals surface area contributed by atoms with Crippen LogP contribution in [-0.2, 0) is 0 Å². The average Bonchev–Trinajstić information content (AvgIpc) is 2.49. The molecule has 1 unspecified atom stereocenters. The third-order valence-electron chi connectivity index (χ3n) is 1.84. The summed E-state index contributed by atoms with van der Waals surface area (Å²) >= 11 is 6.04. The van der Waals surface area contributed by atoms with Gasteiger partial charge in [-0.3, -0.25) is 0 Å². The maximum absolute atomic E-state index is 4.37. The van der Waals surface area contributed by atoms with Crippen molar-refractivity contribution in [3.63, 3.8) is 0 Å². The van der Waals surface area contributed by atoms with Gasteiger partial charge < -0.3 is 0 Å². The smallest absolute Gasteiger partial charge is 0.0815 e. The lowest BCUT2D eigenvalue weighted by atomic mass is 10.1. The number of hydrogen-bond acceptors (Lipinski definition) is 3. The number of rotatable bonds is 1. The zero-order chi connectivity index (χ0) is 8.55. The Morgan fingerprint density at radius 1 is 1.50 bits per heavy atom. The molecule has 1 nitrogen and oxygen atoms in total. The maximum Gasteiger partial charge on any atom is 0.0815 e. The van der Waals surface area contributed by atoms with Gasteiger partial charge in [0.2, 0.25) is 0 Å². The molecule has 0 radical (unpaired) electrons. The highest BCUT2D eigenvalue weighted by Gasteiger charge is 2.01. The molecule has 1 atom stereocenters. The highest BCUT2D eigenvalue weighted by molar-refractivity contribution is 7.80. The van der Waals surface area contributed by atoms with E-state index in [1.54, 1.807) is 11.3 Å². The van der Waals surface area contributed by atoms with Gasteiger partial charge in [0.15, 0.2) is 0 Å². The lowest BCUT2D eigenvalue weighted by Gasteiger charge is -2.02. The molecule has 3 heteroatoms. The van der Waals surface area contributed by atoms with Crippen LogP contribution in [0.15, 0.2) is 23.7 Å². The monoisotopic (exact) mass is 195 g/mol. The van der Waals surface area contributed by atoms with Crippen molar-refractivity contribution in [2.75, 3.05) is 0 Å². The summed E-state index contributed by atoms with van der Waals surface area (Å²) in [7, 11) is 0. The van der Waals surface area contributed by atoms with Crippen LogP contribution in [-0.4, -0.2) is 4.98 Å². The van der Waals surface area contributed by atoms with Gasteiger partial charge in [0, 0.05) is 5.25 Å². The number of thiol groups is 1. The van der Waals surface area contributed by atoms with Crippen molar-refractivity contribution in [3.05, 3.63) is 29.3 Å². The first-order valence-corrected chi connectivity index (χ1v) is 5.18. The summed E-state index contributed by atoms with van der Waals surface area (Å²) in [6, 6.07) is 6.32. The Morgan fingerprint density at radius 3 is 3.08 bits per heavy atom. The molecule has 2 aromatic rings. The standard InChI is InChI=1S/C9H9NS2/c1-6(11)7-2-3-9-8(4-7)10-5-12-9/h2-6,11H,1H3. The normalized spacial score (nSPS) is 13.5. The van der Waals surface area contributed by atoms with E-state index in [9.17, 15) is 0 Å². The summed E-state index contributed by atoms with van der Waals surface area (Å²) in [4.78, 5) is 4.25. The molecule has 0 amide bonds. The number of nitrogens with zero attached hydrogens (tertiary/aromatic N) is 1. The van der Waals surface area contributed by atoms with Gasteiger partial charge in [-0.25, -0.2) is 4.98 Å². The molecule has 0 aliphatic carbocycles. The zero-order valence-electron chi connectivity index (χ0n) is 6.69. The van der Waals surface area contributed by atoms with Crippen molar-refractivity contribution in [1.82, 2.24) is 4.98 Å². The topological polar surface area (TPSA) is 12.9 Å². The van der Waals surface area contributed by atoms with Crippen molar-refractivity contribution >= 4 is 34.2 Å². The minimum atomic E-state index is 0.288. The van der Waals surface area contributed by atoms with Crippen molar-refractivity contribution in [3.8, 4) is 0 Å². The predicted octanol–water partition coefficient (Wildman–Crippen LogP) is 3.29. The molecule has 1 heterocycles. The second-order valence-electron chi connectivity index (χ2n) is 2.76. The fourth-order valence-electron chi connectivity index (χ4n) is 1.13. The van der Waals surface area contributed by atoms with Gasteiger partial charge in [0.05, 0.1) is 15.7 Å². The quantitative estimate of drug-likeness (QED) is 0.689. The Labute approximate surface area is 80.9 Å². The molecule has 0 N–H and O–H groups in total. The predicted molar refractivity (Wildman–Crippen MR) is 57.0 cm³/mol. The molecule has 1 aromatic carbocycles. The van der Waals surface area contributed by atoms with E-state index in [1.165, 1.54) is 10.3 Å². The van der Waals surface area contributed by atoms with Crippen LogP contribution in [0.2, 0.25) is 0 Å². The fourth-order valence-corrected chi connectivity index (χ4v) is 1.95. The number of aromatic nitrogens is 1. The SMILES string of the molecule is CC(S)c1ccc2scnc2c1. The van der Waals surface area contributed by atoms with Crippen LogP contribution in [0.25, 0.3) is 10.2 Å². The van der Waals surface area contributed by atoms with Crippen LogP contribution >= 0.6 is 24.0 Å². The molecule has 0 saturated carbocycles. The molecule has 1 aromatic heterocycles.